The highest BCUT2D eigenvalue weighted by molar-refractivity contribution is 5.78. The summed E-state index contributed by atoms with van der Waals surface area (Å²) in [5, 5.41) is 0. The van der Waals surface area contributed by atoms with Crippen LogP contribution in [0.25, 0.3) is 0 Å². The third-order valence-electron chi connectivity index (χ3n) is 3.24. The highest BCUT2D eigenvalue weighted by Gasteiger charge is 2.17. The van der Waals surface area contributed by atoms with Gasteiger partial charge in [-0.25, -0.2) is 0 Å². The number of Topliss-reactive ketones (excluding diaryl/α,β-unsaturated/α-hetero) is 1. The summed E-state index contributed by atoms with van der Waals surface area (Å²) >= 11 is 0. The number of pyridine rings is 1. The van der Waals surface area contributed by atoms with Gasteiger partial charge in [-0.2, -0.15) is 0 Å². The number of carbonyl (C=O) groups excluding carboxylic acids is 1. The molecule has 17 heavy (non-hydrogen) atoms. The molecule has 1 fully saturated rings. The van der Waals surface area contributed by atoms with E-state index in [0.717, 1.165) is 44.6 Å². The summed E-state index contributed by atoms with van der Waals surface area (Å²) in [5.74, 6) is 0.905. The SMILES string of the molecule is O=C(CCc1ccccn1)CC1CCOCC1. The minimum Gasteiger partial charge on any atom is -0.381 e. The maximum atomic E-state index is 11.8. The average molecular weight is 233 g/mol. The van der Waals surface area contributed by atoms with E-state index >= 15 is 0 Å². The van der Waals surface area contributed by atoms with Gasteiger partial charge in [-0.3, -0.25) is 9.78 Å². The van der Waals surface area contributed by atoms with Crippen molar-refractivity contribution in [3.05, 3.63) is 30.1 Å². The molecule has 0 atom stereocenters. The lowest BCUT2D eigenvalue weighted by Crippen LogP contribution is -2.18. The Balaban J connectivity index is 1.70. The first kappa shape index (κ1) is 12.2. The molecule has 3 nitrogen and oxygen atoms in total. The molecule has 1 saturated heterocycles. The van der Waals surface area contributed by atoms with Crippen molar-refractivity contribution in [2.24, 2.45) is 5.92 Å². The van der Waals surface area contributed by atoms with E-state index in [-0.39, 0.29) is 0 Å². The minimum atomic E-state index is 0.363. The van der Waals surface area contributed by atoms with Gasteiger partial charge >= 0.3 is 0 Å². The summed E-state index contributed by atoms with van der Waals surface area (Å²) in [5.41, 5.74) is 1.01. The predicted octanol–water partition coefficient (Wildman–Crippen LogP) is 2.40. The first-order valence-electron chi connectivity index (χ1n) is 6.34. The fraction of sp³-hybridized carbons (Fsp3) is 0.571. The van der Waals surface area contributed by atoms with Crippen LogP contribution in [0.5, 0.6) is 0 Å². The van der Waals surface area contributed by atoms with Gasteiger partial charge in [0.2, 0.25) is 0 Å². The summed E-state index contributed by atoms with van der Waals surface area (Å²) in [7, 11) is 0. The lowest BCUT2D eigenvalue weighted by atomic mass is 9.93. The van der Waals surface area contributed by atoms with Crippen molar-refractivity contribution in [3.63, 3.8) is 0 Å². The van der Waals surface area contributed by atoms with Crippen LogP contribution in [0.3, 0.4) is 0 Å². The number of ketones is 1. The van der Waals surface area contributed by atoms with E-state index in [9.17, 15) is 4.79 Å². The second kappa shape index (κ2) is 6.50. The zero-order chi connectivity index (χ0) is 11.9. The van der Waals surface area contributed by atoms with Gasteiger partial charge in [0, 0.05) is 37.9 Å². The zero-order valence-electron chi connectivity index (χ0n) is 10.1. The molecule has 0 aromatic carbocycles. The molecule has 1 aliphatic heterocycles. The summed E-state index contributed by atoms with van der Waals surface area (Å²) in [4.78, 5) is 16.0. The molecule has 0 bridgehead atoms. The molecular weight excluding hydrogens is 214 g/mol. The molecule has 1 aliphatic rings. The van der Waals surface area contributed by atoms with Crippen LogP contribution in [0.1, 0.15) is 31.4 Å². The van der Waals surface area contributed by atoms with Crippen LogP contribution in [0.2, 0.25) is 0 Å². The lowest BCUT2D eigenvalue weighted by molar-refractivity contribution is -0.120. The number of ether oxygens (including phenoxy) is 1. The van der Waals surface area contributed by atoms with Gasteiger partial charge in [-0.05, 0) is 37.3 Å². The quantitative estimate of drug-likeness (QED) is 0.784. The van der Waals surface area contributed by atoms with Gasteiger partial charge in [0.25, 0.3) is 0 Å². The highest BCUT2D eigenvalue weighted by Crippen LogP contribution is 2.19. The van der Waals surface area contributed by atoms with Crippen molar-refractivity contribution < 1.29 is 9.53 Å². The summed E-state index contributed by atoms with van der Waals surface area (Å²) in [6.45, 7) is 1.64. The van der Waals surface area contributed by atoms with E-state index in [4.69, 9.17) is 4.74 Å². The Morgan fingerprint density at radius 2 is 2.18 bits per heavy atom. The summed E-state index contributed by atoms with van der Waals surface area (Å²) in [6.07, 6.45) is 5.95. The van der Waals surface area contributed by atoms with Gasteiger partial charge in [-0.1, -0.05) is 6.07 Å². The molecular formula is C14H19NO2. The molecule has 0 aliphatic carbocycles. The smallest absolute Gasteiger partial charge is 0.133 e. The lowest BCUT2D eigenvalue weighted by Gasteiger charge is -2.21. The third kappa shape index (κ3) is 4.27. The van der Waals surface area contributed by atoms with Crippen LogP contribution < -0.4 is 0 Å². The fourth-order valence-corrected chi connectivity index (χ4v) is 2.19. The van der Waals surface area contributed by atoms with Crippen molar-refractivity contribution in [3.8, 4) is 0 Å². The standard InChI is InChI=1S/C14H19NO2/c16-14(11-12-6-9-17-10-7-12)5-4-13-3-1-2-8-15-13/h1-3,8,12H,4-7,9-11H2. The Labute approximate surface area is 102 Å². The van der Waals surface area contributed by atoms with E-state index < -0.39 is 0 Å². The molecule has 0 spiro atoms. The second-order valence-corrected chi connectivity index (χ2v) is 4.62. The molecule has 0 N–H and O–H groups in total. The molecule has 2 heterocycles. The molecule has 1 aromatic heterocycles. The van der Waals surface area contributed by atoms with Gasteiger partial charge in [0.1, 0.15) is 5.78 Å². The Hall–Kier alpha value is -1.22. The Kier molecular flexibility index (Phi) is 4.68. The number of nitrogens with zero attached hydrogens (tertiary/aromatic N) is 1. The zero-order valence-corrected chi connectivity index (χ0v) is 10.1. The molecule has 92 valence electrons. The second-order valence-electron chi connectivity index (χ2n) is 4.62. The van der Waals surface area contributed by atoms with Gasteiger partial charge in [0.05, 0.1) is 0 Å². The maximum absolute atomic E-state index is 11.8. The third-order valence-corrected chi connectivity index (χ3v) is 3.24. The van der Waals surface area contributed by atoms with Crippen LogP contribution in [0, 0.1) is 5.92 Å². The Morgan fingerprint density at radius 3 is 2.88 bits per heavy atom. The molecule has 0 radical (unpaired) electrons. The largest absolute Gasteiger partial charge is 0.381 e. The number of aromatic nitrogens is 1. The first-order valence-corrected chi connectivity index (χ1v) is 6.34. The number of hydrogen-bond acceptors (Lipinski definition) is 3. The van der Waals surface area contributed by atoms with Crippen molar-refractivity contribution in [2.75, 3.05) is 13.2 Å². The molecule has 2 rings (SSSR count). The molecule has 0 unspecified atom stereocenters. The topological polar surface area (TPSA) is 39.2 Å². The number of rotatable bonds is 5. The number of carbonyl (C=O) groups is 1. The normalized spacial score (nSPS) is 16.9. The fourth-order valence-electron chi connectivity index (χ4n) is 2.19. The van der Waals surface area contributed by atoms with Gasteiger partial charge < -0.3 is 4.74 Å². The molecule has 3 heteroatoms. The number of aryl methyl sites for hydroxylation is 1. The van der Waals surface area contributed by atoms with E-state index in [1.807, 2.05) is 18.2 Å². The minimum absolute atomic E-state index is 0.363. The van der Waals surface area contributed by atoms with Crippen molar-refractivity contribution in [2.45, 2.75) is 32.1 Å². The van der Waals surface area contributed by atoms with Crippen LogP contribution in [0.4, 0.5) is 0 Å². The summed E-state index contributed by atoms with van der Waals surface area (Å²) in [6, 6.07) is 5.83. The molecule has 1 aromatic rings. The summed E-state index contributed by atoms with van der Waals surface area (Å²) < 4.78 is 5.29. The Bertz CT molecular complexity index is 344. The average Bonchev–Trinajstić information content (AvgIpc) is 2.39. The molecule has 0 saturated carbocycles. The van der Waals surface area contributed by atoms with Crippen LogP contribution in [-0.2, 0) is 16.0 Å². The maximum Gasteiger partial charge on any atom is 0.133 e. The van der Waals surface area contributed by atoms with E-state index in [1.54, 1.807) is 6.20 Å². The number of hydrogen-bond donors (Lipinski definition) is 0. The van der Waals surface area contributed by atoms with Gasteiger partial charge in [-0.15, -0.1) is 0 Å². The highest BCUT2D eigenvalue weighted by atomic mass is 16.5. The van der Waals surface area contributed by atoms with Crippen molar-refractivity contribution >= 4 is 5.78 Å². The van der Waals surface area contributed by atoms with Crippen LogP contribution >= 0.6 is 0 Å². The monoisotopic (exact) mass is 233 g/mol. The van der Waals surface area contributed by atoms with E-state index in [0.29, 0.717) is 18.1 Å². The Morgan fingerprint density at radius 1 is 1.35 bits per heavy atom. The predicted molar refractivity (Wildman–Crippen MR) is 65.7 cm³/mol. The van der Waals surface area contributed by atoms with Gasteiger partial charge in [0.15, 0.2) is 0 Å². The first-order chi connectivity index (χ1) is 8.34. The van der Waals surface area contributed by atoms with Crippen LogP contribution in [-0.4, -0.2) is 24.0 Å². The van der Waals surface area contributed by atoms with Crippen molar-refractivity contribution in [1.29, 1.82) is 0 Å². The van der Waals surface area contributed by atoms with Crippen molar-refractivity contribution in [1.82, 2.24) is 4.98 Å². The molecule has 0 amide bonds. The van der Waals surface area contributed by atoms with E-state index in [2.05, 4.69) is 4.98 Å². The van der Waals surface area contributed by atoms with Crippen LogP contribution in [0.15, 0.2) is 24.4 Å². The van der Waals surface area contributed by atoms with E-state index in [1.165, 1.54) is 0 Å².